The van der Waals surface area contributed by atoms with E-state index in [-0.39, 0.29) is 0 Å². The number of benzene rings is 2. The summed E-state index contributed by atoms with van der Waals surface area (Å²) in [4.78, 5) is 12.0. The first kappa shape index (κ1) is 26.1. The van der Waals surface area contributed by atoms with E-state index in [0.29, 0.717) is 48.9 Å². The van der Waals surface area contributed by atoms with Crippen LogP contribution in [0.5, 0.6) is 0 Å². The zero-order valence-electron chi connectivity index (χ0n) is 26.5. The highest BCUT2D eigenvalue weighted by Crippen LogP contribution is 2.62. The summed E-state index contributed by atoms with van der Waals surface area (Å²) in [7, 11) is 0. The van der Waals surface area contributed by atoms with E-state index < -0.39 is 0 Å². The van der Waals surface area contributed by atoms with Crippen molar-refractivity contribution in [1.29, 1.82) is 0 Å². The van der Waals surface area contributed by atoms with Gasteiger partial charge >= 0.3 is 0 Å². The van der Waals surface area contributed by atoms with Crippen LogP contribution < -0.4 is 5.46 Å². The molecule has 5 heteroatoms. The molecule has 2 aromatic carbocycles. The molecular weight excluding hydrogens is 537 g/mol. The van der Waals surface area contributed by atoms with Crippen LogP contribution in [0.15, 0.2) is 47.5 Å². The summed E-state index contributed by atoms with van der Waals surface area (Å²) in [5.74, 6) is 6.21. The number of fused-ring (bicyclic) bond motifs is 11. The molecule has 0 amide bonds. The Hall–Kier alpha value is -2.01. The Balaban J connectivity index is 1.10. The molecule has 230 valence electrons. The third-order valence-electron chi connectivity index (χ3n) is 15.3. The molecule has 4 aliphatic heterocycles. The fourth-order valence-corrected chi connectivity index (χ4v) is 14.0. The lowest BCUT2D eigenvalue weighted by Crippen LogP contribution is -2.76. The van der Waals surface area contributed by atoms with Gasteiger partial charge in [-0.25, -0.2) is 4.99 Å². The van der Waals surface area contributed by atoms with E-state index in [1.807, 2.05) is 0 Å². The van der Waals surface area contributed by atoms with Gasteiger partial charge in [-0.2, -0.15) is 0 Å². The van der Waals surface area contributed by atoms with E-state index in [9.17, 15) is 0 Å². The third kappa shape index (κ3) is 3.49. The predicted molar refractivity (Wildman–Crippen MR) is 179 cm³/mol. The van der Waals surface area contributed by atoms with Gasteiger partial charge in [0.25, 0.3) is 0 Å². The SMILES string of the molecule is c1ccc2c(B3C4CC5OC6CCCCC6C5CC4N4C5=NC6CCCCC6N5C5CCCC6CCC3C4C65)cccc2c1. The third-order valence-corrected chi connectivity index (χ3v) is 15.3. The quantitative estimate of drug-likeness (QED) is 0.329. The number of hydrogen-bond acceptors (Lipinski definition) is 4. The molecule has 0 aromatic heterocycles. The molecule has 0 radical (unpaired) electrons. The fourth-order valence-electron chi connectivity index (χ4n) is 14.0. The molecule has 3 saturated heterocycles. The Kier molecular flexibility index (Phi) is 5.79. The summed E-state index contributed by atoms with van der Waals surface area (Å²) >= 11 is 0. The zero-order chi connectivity index (χ0) is 28.5. The second kappa shape index (κ2) is 9.75. The summed E-state index contributed by atoms with van der Waals surface area (Å²) in [6, 6.07) is 19.9. The summed E-state index contributed by atoms with van der Waals surface area (Å²) in [6.45, 7) is 0.638. The van der Waals surface area contributed by atoms with Crippen molar-refractivity contribution in [2.24, 2.45) is 28.7 Å². The summed E-state index contributed by atoms with van der Waals surface area (Å²) in [5, 5.41) is 2.96. The Morgan fingerprint density at radius 1 is 0.659 bits per heavy atom. The number of rotatable bonds is 1. The van der Waals surface area contributed by atoms with Crippen molar-refractivity contribution in [1.82, 2.24) is 9.80 Å². The summed E-state index contributed by atoms with van der Waals surface area (Å²) in [6.07, 6.45) is 21.8. The lowest BCUT2D eigenvalue weighted by Gasteiger charge is -2.68. The highest BCUT2D eigenvalue weighted by molar-refractivity contribution is 6.78. The van der Waals surface area contributed by atoms with Gasteiger partial charge in [0.15, 0.2) is 12.7 Å². The van der Waals surface area contributed by atoms with Crippen LogP contribution >= 0.6 is 0 Å². The first-order chi connectivity index (χ1) is 21.8. The maximum atomic E-state index is 7.10. The zero-order valence-corrected chi connectivity index (χ0v) is 26.5. The van der Waals surface area contributed by atoms with Gasteiger partial charge in [0.1, 0.15) is 0 Å². The van der Waals surface area contributed by atoms with Crippen LogP contribution in [0.2, 0.25) is 11.6 Å². The maximum absolute atomic E-state index is 7.10. The molecule has 5 aliphatic carbocycles. The van der Waals surface area contributed by atoms with Gasteiger partial charge in [-0.15, -0.1) is 0 Å². The van der Waals surface area contributed by atoms with E-state index in [2.05, 4.69) is 52.3 Å². The minimum Gasteiger partial charge on any atom is -0.374 e. The molecule has 9 aliphatic rings. The molecule has 4 heterocycles. The van der Waals surface area contributed by atoms with Crippen LogP contribution in [-0.2, 0) is 4.74 Å². The Morgan fingerprint density at radius 2 is 1.52 bits per heavy atom. The van der Waals surface area contributed by atoms with Gasteiger partial charge in [-0.3, -0.25) is 0 Å². The molecule has 2 aromatic rings. The second-order valence-corrected chi connectivity index (χ2v) is 16.9. The van der Waals surface area contributed by atoms with Crippen LogP contribution in [0.3, 0.4) is 0 Å². The van der Waals surface area contributed by atoms with Crippen molar-refractivity contribution in [3.63, 3.8) is 0 Å². The molecule has 13 unspecified atom stereocenters. The van der Waals surface area contributed by atoms with E-state index in [1.165, 1.54) is 113 Å². The summed E-state index contributed by atoms with van der Waals surface area (Å²) < 4.78 is 7.10. The molecular formula is C39H50BN3O. The van der Waals surface area contributed by atoms with Crippen LogP contribution in [0.4, 0.5) is 0 Å². The van der Waals surface area contributed by atoms with Gasteiger partial charge in [0, 0.05) is 24.0 Å². The van der Waals surface area contributed by atoms with Crippen molar-refractivity contribution in [3.05, 3.63) is 42.5 Å². The molecule has 13 atom stereocenters. The topological polar surface area (TPSA) is 28.1 Å². The first-order valence-corrected chi connectivity index (χ1v) is 19.1. The van der Waals surface area contributed by atoms with Gasteiger partial charge in [-0.1, -0.05) is 92.9 Å². The second-order valence-electron chi connectivity index (χ2n) is 16.9. The lowest BCUT2D eigenvalue weighted by molar-refractivity contribution is -0.0670. The van der Waals surface area contributed by atoms with Crippen LogP contribution in [0.25, 0.3) is 10.8 Å². The van der Waals surface area contributed by atoms with E-state index >= 15 is 0 Å². The molecule has 4 nitrogen and oxygen atoms in total. The van der Waals surface area contributed by atoms with E-state index in [0.717, 1.165) is 35.5 Å². The Morgan fingerprint density at radius 3 is 2.52 bits per heavy atom. The average Bonchev–Trinajstić information content (AvgIpc) is 3.64. The van der Waals surface area contributed by atoms with Crippen LogP contribution in [0, 0.1) is 23.7 Å². The number of ether oxygens (including phenoxy) is 1. The molecule has 11 rings (SSSR count). The Bertz CT molecular complexity index is 1490. The van der Waals surface area contributed by atoms with E-state index in [4.69, 9.17) is 9.73 Å². The molecule has 0 N–H and O–H groups in total. The first-order valence-electron chi connectivity index (χ1n) is 19.1. The lowest BCUT2D eigenvalue weighted by atomic mass is 9.23. The molecule has 5 saturated carbocycles. The minimum absolute atomic E-state index is 0.478. The largest absolute Gasteiger partial charge is 0.374 e. The summed E-state index contributed by atoms with van der Waals surface area (Å²) in [5.41, 5.74) is 1.67. The predicted octanol–water partition coefficient (Wildman–Crippen LogP) is 7.28. The number of aliphatic imine (C=N–C) groups is 1. The van der Waals surface area contributed by atoms with Gasteiger partial charge in [0.2, 0.25) is 0 Å². The van der Waals surface area contributed by atoms with Gasteiger partial charge < -0.3 is 14.5 Å². The highest BCUT2D eigenvalue weighted by atomic mass is 16.5. The molecule has 8 fully saturated rings. The highest BCUT2D eigenvalue weighted by Gasteiger charge is 2.66. The fraction of sp³-hybridized carbons (Fsp3) is 0.718. The smallest absolute Gasteiger partial charge is 0.198 e. The average molecular weight is 588 g/mol. The Labute approximate surface area is 264 Å². The minimum atomic E-state index is 0.478. The number of nitrogens with zero attached hydrogens (tertiary/aromatic N) is 3. The van der Waals surface area contributed by atoms with Crippen molar-refractivity contribution >= 4 is 28.9 Å². The van der Waals surface area contributed by atoms with Gasteiger partial charge in [0.05, 0.1) is 24.3 Å². The van der Waals surface area contributed by atoms with Crippen molar-refractivity contribution in [2.45, 2.75) is 150 Å². The maximum Gasteiger partial charge on any atom is 0.198 e. The van der Waals surface area contributed by atoms with Crippen LogP contribution in [-0.4, -0.2) is 64.9 Å². The van der Waals surface area contributed by atoms with Crippen molar-refractivity contribution < 1.29 is 4.74 Å². The monoisotopic (exact) mass is 587 g/mol. The standard InChI is InChI=1S/C39H50BN3O/c1-2-12-25-23(9-1)10-7-14-28(25)40-29-20-19-24-11-8-17-33-37(24)38(29)43(39-41-31-15-4-5-16-32(31)42(33)39)34-21-27-26-13-3-6-18-35(26)44-36(27)22-30(34)40/h1-2,7,9-10,12,14,24,26-27,29-38H,3-6,8,11,13,15-22H2. The molecule has 44 heavy (non-hydrogen) atoms. The van der Waals surface area contributed by atoms with Gasteiger partial charge in [-0.05, 0) is 91.5 Å². The van der Waals surface area contributed by atoms with E-state index in [1.54, 1.807) is 5.46 Å². The van der Waals surface area contributed by atoms with Crippen LogP contribution in [0.1, 0.15) is 96.3 Å². The molecule has 0 bridgehead atoms. The number of hydrogen-bond donors (Lipinski definition) is 0. The molecule has 0 spiro atoms. The number of guanidine groups is 1. The normalized spacial score (nSPS) is 46.8. The van der Waals surface area contributed by atoms with Crippen molar-refractivity contribution in [2.75, 3.05) is 0 Å². The van der Waals surface area contributed by atoms with Crippen molar-refractivity contribution in [3.8, 4) is 0 Å².